The van der Waals surface area contributed by atoms with Gasteiger partial charge in [-0.3, -0.25) is 11.3 Å². The monoisotopic (exact) mass is 400 g/mol. The molecule has 0 bridgehead atoms. The zero-order chi connectivity index (χ0) is 14.5. The van der Waals surface area contributed by atoms with Gasteiger partial charge in [0.2, 0.25) is 0 Å². The van der Waals surface area contributed by atoms with Gasteiger partial charge in [0.15, 0.2) is 0 Å². The fraction of sp³-hybridized carbons (Fsp3) is 0.200. The van der Waals surface area contributed by atoms with E-state index in [1.165, 1.54) is 17.7 Å². The predicted molar refractivity (Wildman–Crippen MR) is 86.8 cm³/mol. The van der Waals surface area contributed by atoms with Gasteiger partial charge in [0.25, 0.3) is 0 Å². The predicted octanol–water partition coefficient (Wildman–Crippen LogP) is 3.97. The molecule has 0 saturated heterocycles. The van der Waals surface area contributed by atoms with Crippen LogP contribution < -0.4 is 11.3 Å². The van der Waals surface area contributed by atoms with Crippen molar-refractivity contribution >= 4 is 31.9 Å². The smallest absolute Gasteiger partial charge is 0.123 e. The molecule has 0 aliphatic rings. The molecule has 106 valence electrons. The highest BCUT2D eigenvalue weighted by atomic mass is 79.9. The number of halogens is 3. The molecule has 0 aromatic heterocycles. The average molecular weight is 402 g/mol. The highest BCUT2D eigenvalue weighted by Crippen LogP contribution is 2.22. The van der Waals surface area contributed by atoms with Crippen molar-refractivity contribution < 1.29 is 4.39 Å². The second-order valence-corrected chi connectivity index (χ2v) is 6.31. The van der Waals surface area contributed by atoms with Crippen LogP contribution >= 0.6 is 31.9 Å². The molecule has 1 unspecified atom stereocenters. The van der Waals surface area contributed by atoms with Gasteiger partial charge < -0.3 is 0 Å². The molecule has 2 aromatic carbocycles. The Morgan fingerprint density at radius 2 is 1.65 bits per heavy atom. The standard InChI is InChI=1S/C15H15Br2FN2/c16-14-4-2-1-3-10(14)8-13(20-19)9-11-7-12(18)5-6-15(11)17/h1-7,13,20H,8-9,19H2. The summed E-state index contributed by atoms with van der Waals surface area (Å²) in [6.45, 7) is 0. The van der Waals surface area contributed by atoms with Gasteiger partial charge >= 0.3 is 0 Å². The Labute approximate surface area is 134 Å². The fourth-order valence-corrected chi connectivity index (χ4v) is 2.94. The van der Waals surface area contributed by atoms with E-state index in [0.717, 1.165) is 20.9 Å². The first-order chi connectivity index (χ1) is 9.60. The largest absolute Gasteiger partial charge is 0.271 e. The molecule has 0 saturated carbocycles. The Balaban J connectivity index is 2.13. The number of nitrogens with one attached hydrogen (secondary N) is 1. The van der Waals surface area contributed by atoms with Gasteiger partial charge in [0, 0.05) is 15.0 Å². The summed E-state index contributed by atoms with van der Waals surface area (Å²) in [7, 11) is 0. The van der Waals surface area contributed by atoms with Crippen LogP contribution in [0, 0.1) is 5.82 Å². The van der Waals surface area contributed by atoms with Crippen LogP contribution in [-0.2, 0) is 12.8 Å². The van der Waals surface area contributed by atoms with Crippen LogP contribution in [0.25, 0.3) is 0 Å². The number of rotatable bonds is 5. The molecule has 0 fully saturated rings. The summed E-state index contributed by atoms with van der Waals surface area (Å²) in [4.78, 5) is 0. The van der Waals surface area contributed by atoms with E-state index in [2.05, 4.69) is 43.4 Å². The lowest BCUT2D eigenvalue weighted by atomic mass is 9.99. The Morgan fingerprint density at radius 1 is 1.00 bits per heavy atom. The summed E-state index contributed by atoms with van der Waals surface area (Å²) >= 11 is 6.97. The first-order valence-corrected chi connectivity index (χ1v) is 7.82. The van der Waals surface area contributed by atoms with Crippen LogP contribution in [0.5, 0.6) is 0 Å². The number of hydrogen-bond donors (Lipinski definition) is 2. The van der Waals surface area contributed by atoms with E-state index in [0.29, 0.717) is 6.42 Å². The fourth-order valence-electron chi connectivity index (χ4n) is 2.08. The summed E-state index contributed by atoms with van der Waals surface area (Å²) < 4.78 is 15.3. The van der Waals surface area contributed by atoms with Gasteiger partial charge in [0.1, 0.15) is 5.82 Å². The molecule has 0 aliphatic carbocycles. The third-order valence-corrected chi connectivity index (χ3v) is 4.68. The molecule has 20 heavy (non-hydrogen) atoms. The lowest BCUT2D eigenvalue weighted by Crippen LogP contribution is -2.38. The molecule has 2 rings (SSSR count). The van der Waals surface area contributed by atoms with Crippen molar-refractivity contribution in [2.24, 2.45) is 5.84 Å². The maximum absolute atomic E-state index is 13.3. The SMILES string of the molecule is NNC(Cc1ccccc1Br)Cc1cc(F)ccc1Br. The third kappa shape index (κ3) is 4.12. The second kappa shape index (κ2) is 7.31. The van der Waals surface area contributed by atoms with Gasteiger partial charge in [-0.05, 0) is 48.2 Å². The summed E-state index contributed by atoms with van der Waals surface area (Å²) in [5.41, 5.74) is 4.88. The van der Waals surface area contributed by atoms with Gasteiger partial charge in [-0.15, -0.1) is 0 Å². The summed E-state index contributed by atoms with van der Waals surface area (Å²) in [5, 5.41) is 0. The summed E-state index contributed by atoms with van der Waals surface area (Å²) in [5.74, 6) is 5.40. The minimum absolute atomic E-state index is 0.0341. The van der Waals surface area contributed by atoms with Crippen molar-refractivity contribution in [1.29, 1.82) is 0 Å². The van der Waals surface area contributed by atoms with E-state index >= 15 is 0 Å². The molecule has 3 N–H and O–H groups in total. The molecule has 2 nitrogen and oxygen atoms in total. The third-order valence-electron chi connectivity index (χ3n) is 3.13. The lowest BCUT2D eigenvalue weighted by Gasteiger charge is -2.17. The van der Waals surface area contributed by atoms with Crippen molar-refractivity contribution in [3.63, 3.8) is 0 Å². The van der Waals surface area contributed by atoms with E-state index in [4.69, 9.17) is 5.84 Å². The quantitative estimate of drug-likeness (QED) is 0.587. The van der Waals surface area contributed by atoms with Gasteiger partial charge in [0.05, 0.1) is 0 Å². The van der Waals surface area contributed by atoms with Crippen molar-refractivity contribution in [3.05, 3.63) is 68.4 Å². The molecule has 0 radical (unpaired) electrons. The maximum Gasteiger partial charge on any atom is 0.123 e. The zero-order valence-electron chi connectivity index (χ0n) is 10.7. The minimum Gasteiger partial charge on any atom is -0.271 e. The second-order valence-electron chi connectivity index (χ2n) is 4.60. The normalized spacial score (nSPS) is 12.4. The van der Waals surface area contributed by atoms with Gasteiger partial charge in [-0.25, -0.2) is 4.39 Å². The molecule has 0 aliphatic heterocycles. The van der Waals surface area contributed by atoms with E-state index in [-0.39, 0.29) is 11.9 Å². The molecule has 0 heterocycles. The first-order valence-electron chi connectivity index (χ1n) is 6.23. The zero-order valence-corrected chi connectivity index (χ0v) is 13.9. The molecule has 1 atom stereocenters. The van der Waals surface area contributed by atoms with Crippen LogP contribution in [-0.4, -0.2) is 6.04 Å². The molecule has 0 spiro atoms. The van der Waals surface area contributed by atoms with Gasteiger partial charge in [-0.1, -0.05) is 50.1 Å². The molecular formula is C15H15Br2FN2. The maximum atomic E-state index is 13.3. The summed E-state index contributed by atoms with van der Waals surface area (Å²) in [6, 6.07) is 12.7. The van der Waals surface area contributed by atoms with Crippen LogP contribution in [0.15, 0.2) is 51.4 Å². The van der Waals surface area contributed by atoms with Crippen LogP contribution in [0.1, 0.15) is 11.1 Å². The van der Waals surface area contributed by atoms with Crippen LogP contribution in [0.4, 0.5) is 4.39 Å². The Morgan fingerprint density at radius 3 is 2.35 bits per heavy atom. The molecule has 5 heteroatoms. The Kier molecular flexibility index (Phi) is 5.72. The number of benzene rings is 2. The number of hydrogen-bond acceptors (Lipinski definition) is 2. The highest BCUT2D eigenvalue weighted by molar-refractivity contribution is 9.10. The number of hydrazine groups is 1. The highest BCUT2D eigenvalue weighted by Gasteiger charge is 2.13. The van der Waals surface area contributed by atoms with Crippen molar-refractivity contribution in [1.82, 2.24) is 5.43 Å². The van der Waals surface area contributed by atoms with Crippen LogP contribution in [0.3, 0.4) is 0 Å². The van der Waals surface area contributed by atoms with Crippen molar-refractivity contribution in [2.45, 2.75) is 18.9 Å². The van der Waals surface area contributed by atoms with Crippen molar-refractivity contribution in [2.75, 3.05) is 0 Å². The summed E-state index contributed by atoms with van der Waals surface area (Å²) in [6.07, 6.45) is 1.41. The van der Waals surface area contributed by atoms with Gasteiger partial charge in [-0.2, -0.15) is 0 Å². The lowest BCUT2D eigenvalue weighted by molar-refractivity contribution is 0.519. The topological polar surface area (TPSA) is 38.0 Å². The van der Waals surface area contributed by atoms with Crippen molar-refractivity contribution in [3.8, 4) is 0 Å². The first kappa shape index (κ1) is 15.6. The number of nitrogens with two attached hydrogens (primary N) is 1. The minimum atomic E-state index is -0.236. The molecular weight excluding hydrogens is 387 g/mol. The Hall–Kier alpha value is -0.750. The van der Waals surface area contributed by atoms with E-state index in [9.17, 15) is 4.39 Å². The molecule has 0 amide bonds. The van der Waals surface area contributed by atoms with E-state index < -0.39 is 0 Å². The van der Waals surface area contributed by atoms with E-state index in [1.807, 2.05) is 18.2 Å². The average Bonchev–Trinajstić information content (AvgIpc) is 2.44. The Bertz CT molecular complexity index is 590. The van der Waals surface area contributed by atoms with E-state index in [1.54, 1.807) is 6.07 Å². The van der Waals surface area contributed by atoms with Crippen LogP contribution in [0.2, 0.25) is 0 Å². The molecule has 2 aromatic rings.